The molecule has 0 bridgehead atoms. The van der Waals surface area contributed by atoms with Crippen molar-refractivity contribution < 1.29 is 16.4 Å². The van der Waals surface area contributed by atoms with Gasteiger partial charge in [0, 0.05) is 21.7 Å². The lowest BCUT2D eigenvalue weighted by Crippen LogP contribution is -2.03. The van der Waals surface area contributed by atoms with E-state index in [0.717, 1.165) is 32.6 Å². The fourth-order valence-corrected chi connectivity index (χ4v) is 5.73. The maximum absolute atomic E-state index is 9.36. The number of benzene rings is 7. The Bertz CT molecular complexity index is 3160. The molecule has 0 aliphatic heterocycles. The Morgan fingerprint density at radius 3 is 2.14 bits per heavy atom. The maximum atomic E-state index is 9.36. The van der Waals surface area contributed by atoms with Gasteiger partial charge < -0.3 is 0 Å². The van der Waals surface area contributed by atoms with Gasteiger partial charge in [-0.05, 0) is 69.0 Å². The molecule has 2 aromatic heterocycles. The third-order valence-corrected chi connectivity index (χ3v) is 7.70. The molecular weight excluding hydrogens is 522 g/mol. The number of para-hydroxylation sites is 1. The zero-order valence-electron chi connectivity index (χ0n) is 34.3. The predicted octanol–water partition coefficient (Wildman–Crippen LogP) is 10.4. The summed E-state index contributed by atoms with van der Waals surface area (Å²) in [7, 11) is 0. The zero-order chi connectivity index (χ0) is 38.8. The van der Waals surface area contributed by atoms with Crippen molar-refractivity contribution in [1.29, 1.82) is 0 Å². The van der Waals surface area contributed by atoms with Crippen LogP contribution < -0.4 is 0 Å². The van der Waals surface area contributed by atoms with Gasteiger partial charge >= 0.3 is 0 Å². The van der Waals surface area contributed by atoms with Crippen LogP contribution in [0.1, 0.15) is 16.4 Å². The van der Waals surface area contributed by atoms with Crippen molar-refractivity contribution in [2.24, 2.45) is 0 Å². The molecule has 9 rings (SSSR count). The molecule has 3 heteroatoms. The van der Waals surface area contributed by atoms with Crippen LogP contribution in [-0.2, 0) is 0 Å². The topological polar surface area (TPSA) is 30.7 Å². The maximum Gasteiger partial charge on any atom is 0.235 e. The van der Waals surface area contributed by atoms with Crippen LogP contribution in [0.15, 0.2) is 151 Å². The predicted molar refractivity (Wildman–Crippen MR) is 180 cm³/mol. The Hall–Kier alpha value is -5.80. The van der Waals surface area contributed by atoms with Crippen LogP contribution in [0, 0.1) is 0 Å². The number of aromatic nitrogens is 3. The normalized spacial score (nSPS) is 15.6. The molecule has 3 nitrogen and oxygen atoms in total. The molecule has 7 aromatic carbocycles. The molecule has 0 aliphatic carbocycles. The van der Waals surface area contributed by atoms with Gasteiger partial charge in [0.05, 0.1) is 38.7 Å². The molecule has 0 unspecified atom stereocenters. The van der Waals surface area contributed by atoms with Crippen LogP contribution in [0.4, 0.5) is 0 Å². The SMILES string of the molecule is [2H]c1c([2H])c([2H])c(-c2ccc3c(-c4c([2H])c([2H])c5c([2H])c([2H])c([2H])c([2H])c5c4[2H])nc(-n4c5ccccc5c5cc6ccccc6cc54)nc3c2)c([2H])c1[2H]. The highest BCUT2D eigenvalue weighted by Gasteiger charge is 2.18. The molecule has 0 saturated heterocycles. The van der Waals surface area contributed by atoms with Gasteiger partial charge in [-0.1, -0.05) is 115 Å². The van der Waals surface area contributed by atoms with E-state index in [1.54, 1.807) is 12.1 Å². The first kappa shape index (κ1) is 14.9. The Balaban J connectivity index is 1.45. The van der Waals surface area contributed by atoms with Crippen LogP contribution in [0.3, 0.4) is 0 Å². The third kappa shape index (κ3) is 3.83. The number of hydrogen-bond acceptors (Lipinski definition) is 2. The van der Waals surface area contributed by atoms with Crippen molar-refractivity contribution in [2.45, 2.75) is 0 Å². The van der Waals surface area contributed by atoms with Crippen molar-refractivity contribution in [3.8, 4) is 28.3 Å². The molecule has 0 aliphatic rings. The lowest BCUT2D eigenvalue weighted by Gasteiger charge is -2.13. The van der Waals surface area contributed by atoms with Gasteiger partial charge in [0.25, 0.3) is 0 Å². The monoisotopic (exact) mass is 559 g/mol. The van der Waals surface area contributed by atoms with Crippen LogP contribution >= 0.6 is 0 Å². The van der Waals surface area contributed by atoms with Crippen molar-refractivity contribution in [3.05, 3.63) is 151 Å². The van der Waals surface area contributed by atoms with E-state index in [0.29, 0.717) is 5.39 Å². The average molecular weight is 560 g/mol. The van der Waals surface area contributed by atoms with Crippen LogP contribution in [0.5, 0.6) is 0 Å². The largest absolute Gasteiger partial charge is 0.278 e. The summed E-state index contributed by atoms with van der Waals surface area (Å²) < 4.78 is 105. The molecule has 0 radical (unpaired) electrons. The molecule has 0 spiro atoms. The van der Waals surface area contributed by atoms with Crippen molar-refractivity contribution in [1.82, 2.24) is 14.5 Å². The molecule has 43 heavy (non-hydrogen) atoms. The fraction of sp³-hybridized carbons (Fsp3) is 0. The number of nitrogens with zero attached hydrogens (tertiary/aromatic N) is 3. The van der Waals surface area contributed by atoms with Gasteiger partial charge in [-0.2, -0.15) is 0 Å². The van der Waals surface area contributed by atoms with E-state index >= 15 is 0 Å². The highest BCUT2D eigenvalue weighted by atomic mass is 15.2. The molecular formula is C40H25N3. The van der Waals surface area contributed by atoms with E-state index in [2.05, 4.69) is 6.07 Å². The van der Waals surface area contributed by atoms with E-state index in [9.17, 15) is 2.74 Å². The van der Waals surface area contributed by atoms with E-state index in [1.165, 1.54) is 6.07 Å². The minimum absolute atomic E-state index is 0.0390. The quantitative estimate of drug-likeness (QED) is 0.216. The summed E-state index contributed by atoms with van der Waals surface area (Å²) in [6, 6.07) is 18.4. The second-order valence-electron chi connectivity index (χ2n) is 10.2. The lowest BCUT2D eigenvalue weighted by molar-refractivity contribution is 1.01. The van der Waals surface area contributed by atoms with Crippen LogP contribution in [-0.4, -0.2) is 14.5 Å². The molecule has 0 saturated carbocycles. The summed E-state index contributed by atoms with van der Waals surface area (Å²) in [5.74, 6) is 0.114. The third-order valence-electron chi connectivity index (χ3n) is 7.70. The molecule has 0 N–H and O–H groups in total. The van der Waals surface area contributed by atoms with Crippen LogP contribution in [0.2, 0.25) is 0 Å². The minimum Gasteiger partial charge on any atom is -0.278 e. The molecule has 0 fully saturated rings. The Morgan fingerprint density at radius 2 is 1.26 bits per heavy atom. The van der Waals surface area contributed by atoms with Gasteiger partial charge in [0.15, 0.2) is 0 Å². The highest BCUT2D eigenvalue weighted by molar-refractivity contribution is 6.13. The van der Waals surface area contributed by atoms with Crippen molar-refractivity contribution in [2.75, 3.05) is 0 Å². The van der Waals surface area contributed by atoms with Gasteiger partial charge in [-0.15, -0.1) is 0 Å². The highest BCUT2D eigenvalue weighted by Crippen LogP contribution is 2.37. The fourth-order valence-electron chi connectivity index (χ4n) is 5.73. The lowest BCUT2D eigenvalue weighted by atomic mass is 9.99. The molecule has 2 heterocycles. The van der Waals surface area contributed by atoms with Gasteiger partial charge in [0.2, 0.25) is 5.95 Å². The second kappa shape index (κ2) is 9.37. The Kier molecular flexibility index (Phi) is 3.25. The summed E-state index contributed by atoms with van der Waals surface area (Å²) >= 11 is 0. The van der Waals surface area contributed by atoms with E-state index < -0.39 is 72.5 Å². The summed E-state index contributed by atoms with van der Waals surface area (Å²) in [6.07, 6.45) is 0. The van der Waals surface area contributed by atoms with E-state index in [-0.39, 0.29) is 44.6 Å². The first-order valence-electron chi connectivity index (χ1n) is 19.6. The first-order valence-corrected chi connectivity index (χ1v) is 13.6. The minimum atomic E-state index is -0.580. The summed E-state index contributed by atoms with van der Waals surface area (Å²) in [5, 5.41) is 3.60. The van der Waals surface area contributed by atoms with Gasteiger partial charge in [0.1, 0.15) is 0 Å². The summed E-state index contributed by atoms with van der Waals surface area (Å²) in [4.78, 5) is 10.0. The van der Waals surface area contributed by atoms with Crippen LogP contribution in [0.25, 0.3) is 82.6 Å². The van der Waals surface area contributed by atoms with E-state index in [1.807, 2.05) is 59.2 Å². The first-order chi connectivity index (χ1) is 26.3. The standard InChI is InChI=1S/C40H25N3/c1-2-10-26(11-3-1)31-20-21-34-36(24-31)41-40(42-39(34)32-19-18-27-12-4-5-13-28(27)22-32)43-37-17-9-8-16-33(37)35-23-29-14-6-7-15-30(29)25-38(35)43/h1-25H/i1D,2D,3D,4D,5D,10D,11D,12D,13D,18D,19D,22D. The molecule has 0 atom stereocenters. The van der Waals surface area contributed by atoms with E-state index in [4.69, 9.17) is 23.7 Å². The van der Waals surface area contributed by atoms with Gasteiger partial charge in [-0.3, -0.25) is 4.57 Å². The summed E-state index contributed by atoms with van der Waals surface area (Å²) in [5.41, 5.74) is 1.82. The second-order valence-corrected chi connectivity index (χ2v) is 10.2. The Labute approximate surface area is 265 Å². The Morgan fingerprint density at radius 1 is 0.488 bits per heavy atom. The van der Waals surface area contributed by atoms with Gasteiger partial charge in [-0.25, -0.2) is 9.97 Å². The zero-order valence-corrected chi connectivity index (χ0v) is 22.3. The smallest absolute Gasteiger partial charge is 0.235 e. The average Bonchev–Trinajstić information content (AvgIpc) is 3.51. The van der Waals surface area contributed by atoms with Crippen molar-refractivity contribution in [3.63, 3.8) is 0 Å². The van der Waals surface area contributed by atoms with Crippen molar-refractivity contribution >= 4 is 54.3 Å². The number of hydrogen-bond donors (Lipinski definition) is 0. The number of fused-ring (bicyclic) bond motifs is 6. The molecule has 0 amide bonds. The summed E-state index contributed by atoms with van der Waals surface area (Å²) in [6.45, 7) is 0. The molecule has 9 aromatic rings. The number of rotatable bonds is 3. The molecule has 200 valence electrons.